The van der Waals surface area contributed by atoms with Gasteiger partial charge in [0.2, 0.25) is 0 Å². The Morgan fingerprint density at radius 2 is 2.30 bits per heavy atom. The minimum Gasteiger partial charge on any atom is -0.469 e. The molecule has 0 aliphatic carbocycles. The molecule has 1 heterocycles. The highest BCUT2D eigenvalue weighted by Gasteiger charge is 2.25. The van der Waals surface area contributed by atoms with E-state index in [0.717, 1.165) is 31.4 Å². The Morgan fingerprint density at radius 1 is 1.50 bits per heavy atom. The summed E-state index contributed by atoms with van der Waals surface area (Å²) >= 11 is 3.30. The summed E-state index contributed by atoms with van der Waals surface area (Å²) in [5.41, 5.74) is 0.918. The van der Waals surface area contributed by atoms with E-state index in [4.69, 9.17) is 4.74 Å². The van der Waals surface area contributed by atoms with Crippen molar-refractivity contribution in [2.45, 2.75) is 38.3 Å². The van der Waals surface area contributed by atoms with Crippen molar-refractivity contribution in [1.82, 2.24) is 4.90 Å². The molecule has 3 nitrogen and oxygen atoms in total. The summed E-state index contributed by atoms with van der Waals surface area (Å²) < 4.78 is 18.8. The average molecular weight is 344 g/mol. The van der Waals surface area contributed by atoms with Crippen molar-refractivity contribution in [3.05, 3.63) is 34.1 Å². The summed E-state index contributed by atoms with van der Waals surface area (Å²) in [5, 5.41) is 0. The third-order valence-corrected chi connectivity index (χ3v) is 4.67. The summed E-state index contributed by atoms with van der Waals surface area (Å²) in [7, 11) is 1.42. The Morgan fingerprint density at radius 3 is 3.05 bits per heavy atom. The molecule has 0 aromatic heterocycles. The van der Waals surface area contributed by atoms with Crippen LogP contribution >= 0.6 is 15.9 Å². The predicted molar refractivity (Wildman–Crippen MR) is 78.8 cm³/mol. The fourth-order valence-corrected chi connectivity index (χ4v) is 3.05. The van der Waals surface area contributed by atoms with Gasteiger partial charge in [-0.3, -0.25) is 9.69 Å². The maximum Gasteiger partial charge on any atom is 0.307 e. The second-order valence-electron chi connectivity index (χ2n) is 5.11. The van der Waals surface area contributed by atoms with Crippen LogP contribution in [0.3, 0.4) is 0 Å². The predicted octanol–water partition coefficient (Wildman–Crippen LogP) is 3.51. The van der Waals surface area contributed by atoms with Crippen LogP contribution in [0, 0.1) is 5.82 Å². The maximum absolute atomic E-state index is 13.6. The SMILES string of the molecule is COC(=O)CC1CCCCN1Cc1cccc(F)c1Br. The van der Waals surface area contributed by atoms with Crippen molar-refractivity contribution in [1.29, 1.82) is 0 Å². The third kappa shape index (κ3) is 3.79. The number of esters is 1. The smallest absolute Gasteiger partial charge is 0.307 e. The molecular weight excluding hydrogens is 325 g/mol. The van der Waals surface area contributed by atoms with Crippen LogP contribution in [-0.2, 0) is 16.1 Å². The van der Waals surface area contributed by atoms with Gasteiger partial charge >= 0.3 is 5.97 Å². The van der Waals surface area contributed by atoms with E-state index in [2.05, 4.69) is 20.8 Å². The Bertz CT molecular complexity index is 481. The molecule has 1 saturated heterocycles. The van der Waals surface area contributed by atoms with Crippen molar-refractivity contribution in [2.75, 3.05) is 13.7 Å². The number of hydrogen-bond acceptors (Lipinski definition) is 3. The molecule has 20 heavy (non-hydrogen) atoms. The van der Waals surface area contributed by atoms with Gasteiger partial charge in [0.15, 0.2) is 0 Å². The number of piperidine rings is 1. The Kier molecular flexibility index (Phi) is 5.54. The molecule has 0 saturated carbocycles. The lowest BCUT2D eigenvalue weighted by Crippen LogP contribution is -2.40. The monoisotopic (exact) mass is 343 g/mol. The van der Waals surface area contributed by atoms with Crippen LogP contribution < -0.4 is 0 Å². The van der Waals surface area contributed by atoms with Crippen LogP contribution in [0.4, 0.5) is 4.39 Å². The lowest BCUT2D eigenvalue weighted by atomic mass is 9.98. The molecule has 1 aliphatic rings. The van der Waals surface area contributed by atoms with Gasteiger partial charge in [-0.1, -0.05) is 18.6 Å². The molecule has 1 aromatic carbocycles. The largest absolute Gasteiger partial charge is 0.469 e. The van der Waals surface area contributed by atoms with Gasteiger partial charge in [-0.15, -0.1) is 0 Å². The number of hydrogen-bond donors (Lipinski definition) is 0. The number of ether oxygens (including phenoxy) is 1. The second kappa shape index (κ2) is 7.18. The molecule has 1 aliphatic heterocycles. The summed E-state index contributed by atoms with van der Waals surface area (Å²) in [6.07, 6.45) is 3.64. The summed E-state index contributed by atoms with van der Waals surface area (Å²) in [6, 6.07) is 5.26. The zero-order valence-electron chi connectivity index (χ0n) is 11.6. The first-order valence-corrected chi connectivity index (χ1v) is 7.65. The zero-order chi connectivity index (χ0) is 14.5. The van der Waals surface area contributed by atoms with Crippen molar-refractivity contribution >= 4 is 21.9 Å². The molecule has 0 N–H and O–H groups in total. The molecule has 1 fully saturated rings. The highest BCUT2D eigenvalue weighted by atomic mass is 79.9. The Hall–Kier alpha value is -0.940. The molecule has 0 bridgehead atoms. The molecule has 2 rings (SSSR count). The van der Waals surface area contributed by atoms with Gasteiger partial charge in [-0.05, 0) is 46.9 Å². The van der Waals surface area contributed by atoms with Gasteiger partial charge in [0, 0.05) is 12.6 Å². The number of methoxy groups -OCH3 is 1. The lowest BCUT2D eigenvalue weighted by molar-refractivity contribution is -0.142. The highest BCUT2D eigenvalue weighted by Crippen LogP contribution is 2.26. The van der Waals surface area contributed by atoms with Crippen LogP contribution in [-0.4, -0.2) is 30.6 Å². The number of nitrogens with zero attached hydrogens (tertiary/aromatic N) is 1. The van der Waals surface area contributed by atoms with Crippen LogP contribution in [0.2, 0.25) is 0 Å². The molecule has 110 valence electrons. The van der Waals surface area contributed by atoms with Gasteiger partial charge in [0.1, 0.15) is 5.82 Å². The van der Waals surface area contributed by atoms with Crippen molar-refractivity contribution in [3.8, 4) is 0 Å². The fourth-order valence-electron chi connectivity index (χ4n) is 2.66. The lowest BCUT2D eigenvalue weighted by Gasteiger charge is -2.35. The van der Waals surface area contributed by atoms with Gasteiger partial charge in [-0.25, -0.2) is 4.39 Å². The first kappa shape index (κ1) is 15.4. The Labute approximate surface area is 127 Å². The summed E-state index contributed by atoms with van der Waals surface area (Å²) in [6.45, 7) is 1.59. The number of halogens is 2. The Balaban J connectivity index is 2.08. The molecule has 1 unspecified atom stereocenters. The first-order chi connectivity index (χ1) is 9.61. The number of carbonyl (C=O) groups is 1. The van der Waals surface area contributed by atoms with E-state index in [0.29, 0.717) is 17.4 Å². The van der Waals surface area contributed by atoms with E-state index in [1.807, 2.05) is 6.07 Å². The van der Waals surface area contributed by atoms with Crippen molar-refractivity contribution in [2.24, 2.45) is 0 Å². The molecule has 0 spiro atoms. The van der Waals surface area contributed by atoms with Crippen LogP contribution in [0.5, 0.6) is 0 Å². The van der Waals surface area contributed by atoms with Crippen LogP contribution in [0.15, 0.2) is 22.7 Å². The van der Waals surface area contributed by atoms with E-state index in [1.165, 1.54) is 13.2 Å². The van der Waals surface area contributed by atoms with E-state index in [1.54, 1.807) is 6.07 Å². The quantitative estimate of drug-likeness (QED) is 0.783. The molecule has 0 amide bonds. The third-order valence-electron chi connectivity index (χ3n) is 3.78. The number of rotatable bonds is 4. The van der Waals surface area contributed by atoms with E-state index < -0.39 is 0 Å². The van der Waals surface area contributed by atoms with Gasteiger partial charge in [0.25, 0.3) is 0 Å². The molecule has 0 radical (unpaired) electrons. The number of carbonyl (C=O) groups excluding carboxylic acids is 1. The number of benzene rings is 1. The highest BCUT2D eigenvalue weighted by molar-refractivity contribution is 9.10. The van der Waals surface area contributed by atoms with Crippen molar-refractivity contribution in [3.63, 3.8) is 0 Å². The molecule has 5 heteroatoms. The fraction of sp³-hybridized carbons (Fsp3) is 0.533. The zero-order valence-corrected chi connectivity index (χ0v) is 13.2. The minimum atomic E-state index is -0.246. The minimum absolute atomic E-state index is 0.180. The topological polar surface area (TPSA) is 29.5 Å². The van der Waals surface area contributed by atoms with E-state index in [-0.39, 0.29) is 17.8 Å². The second-order valence-corrected chi connectivity index (χ2v) is 5.91. The average Bonchev–Trinajstić information content (AvgIpc) is 2.45. The van der Waals surface area contributed by atoms with E-state index >= 15 is 0 Å². The molecular formula is C15H19BrFNO2. The van der Waals surface area contributed by atoms with Gasteiger partial charge in [0.05, 0.1) is 18.0 Å². The van der Waals surface area contributed by atoms with E-state index in [9.17, 15) is 9.18 Å². The normalized spacial score (nSPS) is 19.9. The molecule has 1 aromatic rings. The first-order valence-electron chi connectivity index (χ1n) is 6.85. The van der Waals surface area contributed by atoms with Crippen molar-refractivity contribution < 1.29 is 13.9 Å². The number of likely N-dealkylation sites (tertiary alicyclic amines) is 1. The van der Waals surface area contributed by atoms with Crippen LogP contribution in [0.25, 0.3) is 0 Å². The van der Waals surface area contributed by atoms with Gasteiger partial charge < -0.3 is 4.74 Å². The summed E-state index contributed by atoms with van der Waals surface area (Å²) in [4.78, 5) is 13.7. The van der Waals surface area contributed by atoms with Crippen LogP contribution in [0.1, 0.15) is 31.2 Å². The maximum atomic E-state index is 13.6. The van der Waals surface area contributed by atoms with Gasteiger partial charge in [-0.2, -0.15) is 0 Å². The standard InChI is InChI=1S/C15H19BrFNO2/c1-20-14(19)9-12-6-2-3-8-18(12)10-11-5-4-7-13(17)15(11)16/h4-5,7,12H,2-3,6,8-10H2,1H3. The summed E-state index contributed by atoms with van der Waals surface area (Å²) in [5.74, 6) is -0.427. The molecule has 1 atom stereocenters.